The molecular weight excluding hydrogens is 260 g/mol. The summed E-state index contributed by atoms with van der Waals surface area (Å²) in [4.78, 5) is 4.34. The molecule has 0 aliphatic heterocycles. The Morgan fingerprint density at radius 3 is 2.81 bits per heavy atom. The van der Waals surface area contributed by atoms with Crippen molar-refractivity contribution in [2.45, 2.75) is 32.7 Å². The standard InChI is InChI=1S/C18H24N2O/c1-2-11-19-15-17-14-18(10-12-20-17)21-13-6-9-16-7-4-3-5-8-16/h3-5,7-8,10,12,14,19H,2,6,9,11,13,15H2,1H3. The highest BCUT2D eigenvalue weighted by atomic mass is 16.5. The molecule has 2 rings (SSSR count). The minimum absolute atomic E-state index is 0.737. The molecule has 1 aromatic heterocycles. The molecule has 0 saturated carbocycles. The zero-order chi connectivity index (χ0) is 14.8. The Kier molecular flexibility index (Phi) is 6.75. The van der Waals surface area contributed by atoms with Crippen molar-refractivity contribution >= 4 is 0 Å². The first-order chi connectivity index (χ1) is 10.4. The Labute approximate surface area is 127 Å². The van der Waals surface area contributed by atoms with Gasteiger partial charge in [0.15, 0.2) is 0 Å². The Morgan fingerprint density at radius 2 is 2.00 bits per heavy atom. The Balaban J connectivity index is 1.71. The zero-order valence-corrected chi connectivity index (χ0v) is 12.7. The SMILES string of the molecule is CCCNCc1cc(OCCCc2ccccc2)ccn1. The smallest absolute Gasteiger partial charge is 0.122 e. The van der Waals surface area contributed by atoms with Gasteiger partial charge in [0.05, 0.1) is 12.3 Å². The first-order valence-electron chi connectivity index (χ1n) is 7.71. The summed E-state index contributed by atoms with van der Waals surface area (Å²) in [6, 6.07) is 14.5. The zero-order valence-electron chi connectivity index (χ0n) is 12.7. The average molecular weight is 284 g/mol. The van der Waals surface area contributed by atoms with Crippen molar-refractivity contribution in [2.24, 2.45) is 0 Å². The number of hydrogen-bond donors (Lipinski definition) is 1. The van der Waals surface area contributed by atoms with E-state index in [1.165, 1.54) is 5.56 Å². The normalized spacial score (nSPS) is 10.5. The quantitative estimate of drug-likeness (QED) is 0.715. The van der Waals surface area contributed by atoms with E-state index in [1.54, 1.807) is 0 Å². The van der Waals surface area contributed by atoms with Crippen molar-refractivity contribution in [3.8, 4) is 5.75 Å². The molecule has 0 fully saturated rings. The van der Waals surface area contributed by atoms with Crippen LogP contribution in [0.5, 0.6) is 5.75 Å². The predicted molar refractivity (Wildman–Crippen MR) is 86.5 cm³/mol. The van der Waals surface area contributed by atoms with Crippen molar-refractivity contribution in [1.82, 2.24) is 10.3 Å². The molecule has 3 heteroatoms. The van der Waals surface area contributed by atoms with Gasteiger partial charge >= 0.3 is 0 Å². The third kappa shape index (κ3) is 5.96. The van der Waals surface area contributed by atoms with Crippen molar-refractivity contribution in [3.05, 3.63) is 59.9 Å². The molecule has 1 N–H and O–H groups in total. The number of aryl methyl sites for hydroxylation is 1. The molecule has 0 radical (unpaired) electrons. The molecule has 21 heavy (non-hydrogen) atoms. The molecule has 0 spiro atoms. The van der Waals surface area contributed by atoms with Crippen LogP contribution in [0.1, 0.15) is 31.0 Å². The monoisotopic (exact) mass is 284 g/mol. The van der Waals surface area contributed by atoms with Crippen LogP contribution in [0.3, 0.4) is 0 Å². The molecule has 3 nitrogen and oxygen atoms in total. The second-order valence-corrected chi connectivity index (χ2v) is 5.10. The maximum Gasteiger partial charge on any atom is 0.122 e. The van der Waals surface area contributed by atoms with Gasteiger partial charge in [-0.15, -0.1) is 0 Å². The Morgan fingerprint density at radius 1 is 1.14 bits per heavy atom. The van der Waals surface area contributed by atoms with Crippen LogP contribution >= 0.6 is 0 Å². The summed E-state index contributed by atoms with van der Waals surface area (Å²) in [7, 11) is 0. The molecule has 0 aliphatic carbocycles. The summed E-state index contributed by atoms with van der Waals surface area (Å²) in [6.45, 7) is 4.71. The molecule has 0 unspecified atom stereocenters. The molecular formula is C18H24N2O. The van der Waals surface area contributed by atoms with Crippen molar-refractivity contribution in [1.29, 1.82) is 0 Å². The number of benzene rings is 1. The summed E-state index contributed by atoms with van der Waals surface area (Å²) in [5, 5.41) is 3.35. The van der Waals surface area contributed by atoms with Crippen LogP contribution in [0.25, 0.3) is 0 Å². The fourth-order valence-electron chi connectivity index (χ4n) is 2.15. The first kappa shape index (κ1) is 15.5. The third-order valence-corrected chi connectivity index (χ3v) is 3.24. The van der Waals surface area contributed by atoms with Gasteiger partial charge in [-0.1, -0.05) is 37.3 Å². The molecule has 0 atom stereocenters. The fourth-order valence-corrected chi connectivity index (χ4v) is 2.15. The molecule has 0 saturated heterocycles. The Hall–Kier alpha value is -1.87. The van der Waals surface area contributed by atoms with Gasteiger partial charge in [0.25, 0.3) is 0 Å². The number of ether oxygens (including phenoxy) is 1. The molecule has 2 aromatic rings. The van der Waals surface area contributed by atoms with Gasteiger partial charge < -0.3 is 10.1 Å². The van der Waals surface area contributed by atoms with Crippen LogP contribution in [-0.4, -0.2) is 18.1 Å². The van der Waals surface area contributed by atoms with E-state index in [9.17, 15) is 0 Å². The summed E-state index contributed by atoms with van der Waals surface area (Å²) in [6.07, 6.45) is 5.03. The van der Waals surface area contributed by atoms with E-state index in [0.29, 0.717) is 0 Å². The largest absolute Gasteiger partial charge is 0.493 e. The summed E-state index contributed by atoms with van der Waals surface area (Å²) < 4.78 is 5.81. The second kappa shape index (κ2) is 9.14. The third-order valence-electron chi connectivity index (χ3n) is 3.24. The van der Waals surface area contributed by atoms with Crippen molar-refractivity contribution < 1.29 is 4.74 Å². The minimum atomic E-state index is 0.737. The van der Waals surface area contributed by atoms with Gasteiger partial charge in [-0.2, -0.15) is 0 Å². The van der Waals surface area contributed by atoms with E-state index in [0.717, 1.165) is 50.4 Å². The van der Waals surface area contributed by atoms with Crippen LogP contribution in [0.4, 0.5) is 0 Å². The minimum Gasteiger partial charge on any atom is -0.493 e. The number of nitrogens with one attached hydrogen (secondary N) is 1. The maximum atomic E-state index is 5.81. The van der Waals surface area contributed by atoms with E-state index >= 15 is 0 Å². The molecule has 1 heterocycles. The lowest BCUT2D eigenvalue weighted by Crippen LogP contribution is -2.14. The van der Waals surface area contributed by atoms with Crippen molar-refractivity contribution in [3.63, 3.8) is 0 Å². The highest BCUT2D eigenvalue weighted by molar-refractivity contribution is 5.22. The molecule has 0 bridgehead atoms. The summed E-state index contributed by atoms with van der Waals surface area (Å²) in [5.74, 6) is 0.909. The number of hydrogen-bond acceptors (Lipinski definition) is 3. The molecule has 0 aliphatic rings. The lowest BCUT2D eigenvalue weighted by atomic mass is 10.1. The van der Waals surface area contributed by atoms with Gasteiger partial charge in [0.1, 0.15) is 5.75 Å². The Bertz CT molecular complexity index is 514. The highest BCUT2D eigenvalue weighted by Crippen LogP contribution is 2.12. The molecule has 1 aromatic carbocycles. The van der Waals surface area contributed by atoms with Crippen molar-refractivity contribution in [2.75, 3.05) is 13.2 Å². The van der Waals surface area contributed by atoms with E-state index in [-0.39, 0.29) is 0 Å². The van der Waals surface area contributed by atoms with Gasteiger partial charge in [0.2, 0.25) is 0 Å². The molecule has 112 valence electrons. The summed E-state index contributed by atoms with van der Waals surface area (Å²) >= 11 is 0. The van der Waals surface area contributed by atoms with Gasteiger partial charge in [0, 0.05) is 18.8 Å². The van der Waals surface area contributed by atoms with Gasteiger partial charge in [-0.3, -0.25) is 4.98 Å². The van der Waals surface area contributed by atoms with Crippen LogP contribution < -0.4 is 10.1 Å². The topological polar surface area (TPSA) is 34.1 Å². The van der Waals surface area contributed by atoms with Crippen LogP contribution in [0.15, 0.2) is 48.7 Å². The van der Waals surface area contributed by atoms with Crippen LogP contribution in [-0.2, 0) is 13.0 Å². The summed E-state index contributed by atoms with van der Waals surface area (Å²) in [5.41, 5.74) is 2.39. The van der Waals surface area contributed by atoms with E-state index < -0.39 is 0 Å². The number of rotatable bonds is 9. The lowest BCUT2D eigenvalue weighted by Gasteiger charge is -2.08. The second-order valence-electron chi connectivity index (χ2n) is 5.10. The fraction of sp³-hybridized carbons (Fsp3) is 0.389. The van der Waals surface area contributed by atoms with E-state index in [4.69, 9.17) is 4.74 Å². The van der Waals surface area contributed by atoms with Crippen LogP contribution in [0.2, 0.25) is 0 Å². The van der Waals surface area contributed by atoms with E-state index in [1.807, 2.05) is 24.4 Å². The predicted octanol–water partition coefficient (Wildman–Crippen LogP) is 3.59. The average Bonchev–Trinajstić information content (AvgIpc) is 2.53. The van der Waals surface area contributed by atoms with Gasteiger partial charge in [-0.25, -0.2) is 0 Å². The molecule has 0 amide bonds. The lowest BCUT2D eigenvalue weighted by molar-refractivity contribution is 0.310. The first-order valence-corrected chi connectivity index (χ1v) is 7.71. The highest BCUT2D eigenvalue weighted by Gasteiger charge is 1.99. The van der Waals surface area contributed by atoms with Crippen LogP contribution in [0, 0.1) is 0 Å². The maximum absolute atomic E-state index is 5.81. The van der Waals surface area contributed by atoms with Gasteiger partial charge in [-0.05, 0) is 37.4 Å². The van der Waals surface area contributed by atoms with E-state index in [2.05, 4.69) is 41.5 Å². The number of aromatic nitrogens is 1. The number of pyridine rings is 1. The number of nitrogens with zero attached hydrogens (tertiary/aromatic N) is 1.